The number of piperidine rings is 1. The van der Waals surface area contributed by atoms with Crippen molar-refractivity contribution >= 4 is 6.03 Å². The molecule has 7 nitrogen and oxygen atoms in total. The van der Waals surface area contributed by atoms with Gasteiger partial charge in [0.05, 0.1) is 19.3 Å². The summed E-state index contributed by atoms with van der Waals surface area (Å²) >= 11 is 0. The van der Waals surface area contributed by atoms with Gasteiger partial charge in [0.2, 0.25) is 0 Å². The molecule has 2 aromatic rings. The van der Waals surface area contributed by atoms with Crippen LogP contribution >= 0.6 is 0 Å². The van der Waals surface area contributed by atoms with E-state index in [1.54, 1.807) is 12.1 Å². The zero-order valence-corrected chi connectivity index (χ0v) is 15.6. The predicted molar refractivity (Wildman–Crippen MR) is 97.9 cm³/mol. The maximum Gasteiger partial charge on any atom is 0.315 e. The molecule has 8 heteroatoms. The Morgan fingerprint density at radius 3 is 2.78 bits per heavy atom. The van der Waals surface area contributed by atoms with E-state index in [1.807, 2.05) is 13.0 Å². The van der Waals surface area contributed by atoms with E-state index < -0.39 is 0 Å². The molecule has 1 aliphatic rings. The van der Waals surface area contributed by atoms with E-state index >= 15 is 0 Å². The number of aromatic nitrogens is 1. The highest BCUT2D eigenvalue weighted by atomic mass is 19.1. The number of halogens is 1. The molecule has 3 rings (SSSR count). The molecule has 1 aliphatic heterocycles. The maximum absolute atomic E-state index is 13.8. The number of likely N-dealkylation sites (tertiary alicyclic amines) is 1. The molecule has 1 saturated heterocycles. The van der Waals surface area contributed by atoms with Gasteiger partial charge in [0.25, 0.3) is 0 Å². The van der Waals surface area contributed by atoms with E-state index in [0.717, 1.165) is 37.2 Å². The van der Waals surface area contributed by atoms with Crippen LogP contribution in [0.3, 0.4) is 0 Å². The lowest BCUT2D eigenvalue weighted by Crippen LogP contribution is -2.47. The Kier molecular flexibility index (Phi) is 6.28. The average molecular weight is 376 g/mol. The highest BCUT2D eigenvalue weighted by Gasteiger charge is 2.21. The standard InChI is InChI=1S/C19H25FN4O3/c1-13-9-16(27-23-13)11-21-19(25)22-15-5-7-24(8-6-15)12-14-3-4-18(26-2)17(20)10-14/h3-4,9-10,15H,5-8,11-12H2,1-2H3,(H2,21,22,25). The van der Waals surface area contributed by atoms with Crippen LogP contribution in [-0.4, -0.2) is 42.3 Å². The number of methoxy groups -OCH3 is 1. The van der Waals surface area contributed by atoms with Crippen LogP contribution in [-0.2, 0) is 13.1 Å². The van der Waals surface area contributed by atoms with Gasteiger partial charge in [-0.15, -0.1) is 0 Å². The van der Waals surface area contributed by atoms with Gasteiger partial charge in [-0.1, -0.05) is 11.2 Å². The summed E-state index contributed by atoms with van der Waals surface area (Å²) in [5.41, 5.74) is 1.70. The lowest BCUT2D eigenvalue weighted by atomic mass is 10.0. The molecule has 2 heterocycles. The van der Waals surface area contributed by atoms with Crippen molar-refractivity contribution in [3.05, 3.63) is 47.1 Å². The molecule has 0 unspecified atom stereocenters. The van der Waals surface area contributed by atoms with E-state index in [9.17, 15) is 9.18 Å². The molecule has 0 spiro atoms. The van der Waals surface area contributed by atoms with E-state index in [-0.39, 0.29) is 23.6 Å². The summed E-state index contributed by atoms with van der Waals surface area (Å²) in [5.74, 6) is 0.544. The van der Waals surface area contributed by atoms with E-state index in [1.165, 1.54) is 13.2 Å². The van der Waals surface area contributed by atoms with E-state index in [2.05, 4.69) is 20.7 Å². The minimum Gasteiger partial charge on any atom is -0.494 e. The Labute approximate surface area is 157 Å². The molecule has 0 saturated carbocycles. The highest BCUT2D eigenvalue weighted by molar-refractivity contribution is 5.74. The van der Waals surface area contributed by atoms with Crippen molar-refractivity contribution in [1.82, 2.24) is 20.7 Å². The first kappa shape index (κ1) is 19.2. The number of hydrogen-bond donors (Lipinski definition) is 2. The number of ether oxygens (including phenoxy) is 1. The van der Waals surface area contributed by atoms with E-state index in [0.29, 0.717) is 18.8 Å². The lowest BCUT2D eigenvalue weighted by molar-refractivity contribution is 0.186. The summed E-state index contributed by atoms with van der Waals surface area (Å²) in [6.45, 7) is 4.53. The monoisotopic (exact) mass is 376 g/mol. The number of nitrogens with zero attached hydrogens (tertiary/aromatic N) is 2. The summed E-state index contributed by atoms with van der Waals surface area (Å²) in [5, 5.41) is 9.55. The first-order chi connectivity index (χ1) is 13.0. The fraction of sp³-hybridized carbons (Fsp3) is 0.474. The second kappa shape index (κ2) is 8.85. The third-order valence-electron chi connectivity index (χ3n) is 4.65. The van der Waals surface area contributed by atoms with Gasteiger partial charge in [-0.05, 0) is 37.5 Å². The molecular weight excluding hydrogens is 351 g/mol. The number of hydrogen-bond acceptors (Lipinski definition) is 5. The van der Waals surface area contributed by atoms with Crippen LogP contribution in [0.1, 0.15) is 29.9 Å². The summed E-state index contributed by atoms with van der Waals surface area (Å²) in [4.78, 5) is 14.3. The Balaban J connectivity index is 1.39. The smallest absolute Gasteiger partial charge is 0.315 e. The van der Waals surface area contributed by atoms with Crippen molar-refractivity contribution in [1.29, 1.82) is 0 Å². The minimum atomic E-state index is -0.342. The molecule has 1 aromatic heterocycles. The number of carbonyl (C=O) groups excluding carboxylic acids is 1. The Hall–Kier alpha value is -2.61. The zero-order chi connectivity index (χ0) is 19.2. The third-order valence-corrected chi connectivity index (χ3v) is 4.65. The van der Waals surface area contributed by atoms with Crippen LogP contribution in [0.15, 0.2) is 28.8 Å². The molecule has 1 fully saturated rings. The van der Waals surface area contributed by atoms with Crippen molar-refractivity contribution in [3.63, 3.8) is 0 Å². The van der Waals surface area contributed by atoms with Gasteiger partial charge in [0.1, 0.15) is 0 Å². The van der Waals surface area contributed by atoms with Gasteiger partial charge in [0.15, 0.2) is 17.3 Å². The highest BCUT2D eigenvalue weighted by Crippen LogP contribution is 2.20. The summed E-state index contributed by atoms with van der Waals surface area (Å²) < 4.78 is 23.8. The quantitative estimate of drug-likeness (QED) is 0.810. The molecule has 0 atom stereocenters. The molecular formula is C19H25FN4O3. The number of amides is 2. The molecule has 2 amide bonds. The predicted octanol–water partition coefficient (Wildman–Crippen LogP) is 2.59. The van der Waals surface area contributed by atoms with E-state index in [4.69, 9.17) is 9.26 Å². The van der Waals surface area contributed by atoms with Crippen LogP contribution in [0.2, 0.25) is 0 Å². The Bertz CT molecular complexity index is 772. The number of benzene rings is 1. The van der Waals surface area contributed by atoms with Crippen molar-refractivity contribution in [2.24, 2.45) is 0 Å². The minimum absolute atomic E-state index is 0.130. The Morgan fingerprint density at radius 2 is 2.15 bits per heavy atom. The van der Waals surface area contributed by atoms with Crippen LogP contribution < -0.4 is 15.4 Å². The fourth-order valence-corrected chi connectivity index (χ4v) is 3.21. The van der Waals surface area contributed by atoms with Crippen molar-refractivity contribution < 1.29 is 18.4 Å². The van der Waals surface area contributed by atoms with Gasteiger partial charge in [-0.25, -0.2) is 9.18 Å². The molecule has 0 bridgehead atoms. The van der Waals surface area contributed by atoms with Gasteiger partial charge in [0, 0.05) is 31.7 Å². The van der Waals surface area contributed by atoms with Crippen LogP contribution in [0.4, 0.5) is 9.18 Å². The second-order valence-corrected chi connectivity index (χ2v) is 6.78. The molecule has 0 aliphatic carbocycles. The van der Waals surface area contributed by atoms with Crippen molar-refractivity contribution in [2.45, 2.75) is 38.9 Å². The first-order valence-electron chi connectivity index (χ1n) is 9.05. The lowest BCUT2D eigenvalue weighted by Gasteiger charge is -2.32. The first-order valence-corrected chi connectivity index (χ1v) is 9.05. The van der Waals surface area contributed by atoms with Gasteiger partial charge < -0.3 is 19.9 Å². The maximum atomic E-state index is 13.8. The van der Waals surface area contributed by atoms with Crippen LogP contribution in [0, 0.1) is 12.7 Å². The molecule has 146 valence electrons. The second-order valence-electron chi connectivity index (χ2n) is 6.78. The van der Waals surface area contributed by atoms with Crippen LogP contribution in [0.25, 0.3) is 0 Å². The topological polar surface area (TPSA) is 79.6 Å². The molecule has 27 heavy (non-hydrogen) atoms. The van der Waals surface area contributed by atoms with Gasteiger partial charge >= 0.3 is 6.03 Å². The average Bonchev–Trinajstić information content (AvgIpc) is 3.07. The largest absolute Gasteiger partial charge is 0.494 e. The summed E-state index contributed by atoms with van der Waals surface area (Å²) in [6.07, 6.45) is 1.71. The molecule has 0 radical (unpaired) electrons. The van der Waals surface area contributed by atoms with Gasteiger partial charge in [-0.2, -0.15) is 0 Å². The van der Waals surface area contributed by atoms with Crippen molar-refractivity contribution in [2.75, 3.05) is 20.2 Å². The summed E-state index contributed by atoms with van der Waals surface area (Å²) in [7, 11) is 1.46. The van der Waals surface area contributed by atoms with Crippen LogP contribution in [0.5, 0.6) is 5.75 Å². The summed E-state index contributed by atoms with van der Waals surface area (Å²) in [6, 6.07) is 6.76. The number of rotatable bonds is 6. The SMILES string of the molecule is COc1ccc(CN2CCC(NC(=O)NCc3cc(C)no3)CC2)cc1F. The third kappa shape index (κ3) is 5.43. The normalized spacial score (nSPS) is 15.5. The van der Waals surface area contributed by atoms with Gasteiger partial charge in [-0.3, -0.25) is 4.90 Å². The number of aryl methyl sites for hydroxylation is 1. The fourth-order valence-electron chi connectivity index (χ4n) is 3.21. The zero-order valence-electron chi connectivity index (χ0n) is 15.6. The molecule has 2 N–H and O–H groups in total. The number of carbonyl (C=O) groups is 1. The number of nitrogens with one attached hydrogen (secondary N) is 2. The molecule has 1 aromatic carbocycles. The Morgan fingerprint density at radius 1 is 1.37 bits per heavy atom. The van der Waals surface area contributed by atoms with Crippen molar-refractivity contribution in [3.8, 4) is 5.75 Å². The number of urea groups is 1.